The molecule has 19 heavy (non-hydrogen) atoms. The van der Waals surface area contributed by atoms with Gasteiger partial charge in [-0.2, -0.15) is 4.98 Å². The fourth-order valence-corrected chi connectivity index (χ4v) is 1.95. The average molecular weight is 269 g/mol. The van der Waals surface area contributed by atoms with Crippen molar-refractivity contribution in [2.75, 3.05) is 13.7 Å². The van der Waals surface area contributed by atoms with Gasteiger partial charge in [-0.15, -0.1) is 0 Å². The Bertz CT molecular complexity index is 341. The Hall–Kier alpha value is -0.940. The lowest BCUT2D eigenvalue weighted by atomic mass is 10.2. The minimum Gasteiger partial charge on any atom is -0.373 e. The largest absolute Gasteiger partial charge is 0.373 e. The lowest BCUT2D eigenvalue weighted by Crippen LogP contribution is -2.27. The molecule has 0 fully saturated rings. The molecule has 1 N–H and O–H groups in total. The molecule has 5 nitrogen and oxygen atoms in total. The monoisotopic (exact) mass is 269 g/mol. The SMILES string of the molecule is CCCNC(C)CCc1nc(C(CCC)OC)no1. The number of hydrogen-bond donors (Lipinski definition) is 1. The summed E-state index contributed by atoms with van der Waals surface area (Å²) in [4.78, 5) is 4.42. The molecule has 0 amide bonds. The molecule has 0 aliphatic heterocycles. The van der Waals surface area contributed by atoms with Gasteiger partial charge in [0.1, 0.15) is 6.10 Å². The standard InChI is InChI=1S/C14H27N3O2/c1-5-7-12(18-4)14-16-13(19-17-14)9-8-11(3)15-10-6-2/h11-12,15H,5-10H2,1-4H3. The Morgan fingerprint density at radius 3 is 2.68 bits per heavy atom. The zero-order valence-electron chi connectivity index (χ0n) is 12.6. The van der Waals surface area contributed by atoms with Gasteiger partial charge in [-0.25, -0.2) is 0 Å². The fourth-order valence-electron chi connectivity index (χ4n) is 1.95. The molecule has 110 valence electrons. The Morgan fingerprint density at radius 1 is 1.26 bits per heavy atom. The Labute approximate surface area is 116 Å². The molecular formula is C14H27N3O2. The van der Waals surface area contributed by atoms with E-state index in [4.69, 9.17) is 9.26 Å². The normalized spacial score (nSPS) is 14.5. The quantitative estimate of drug-likeness (QED) is 0.707. The van der Waals surface area contributed by atoms with Crippen LogP contribution >= 0.6 is 0 Å². The maximum Gasteiger partial charge on any atom is 0.226 e. The van der Waals surface area contributed by atoms with Gasteiger partial charge in [0.15, 0.2) is 0 Å². The predicted molar refractivity (Wildman–Crippen MR) is 75.0 cm³/mol. The van der Waals surface area contributed by atoms with Gasteiger partial charge >= 0.3 is 0 Å². The zero-order valence-corrected chi connectivity index (χ0v) is 12.6. The van der Waals surface area contributed by atoms with Crippen molar-refractivity contribution < 1.29 is 9.26 Å². The first-order valence-electron chi connectivity index (χ1n) is 7.29. The van der Waals surface area contributed by atoms with Crippen molar-refractivity contribution in [2.45, 2.75) is 65.0 Å². The summed E-state index contributed by atoms with van der Waals surface area (Å²) >= 11 is 0. The number of methoxy groups -OCH3 is 1. The molecule has 0 bridgehead atoms. The molecule has 2 unspecified atom stereocenters. The maximum absolute atomic E-state index is 5.37. The van der Waals surface area contributed by atoms with Crippen molar-refractivity contribution in [1.82, 2.24) is 15.5 Å². The third kappa shape index (κ3) is 5.70. The lowest BCUT2D eigenvalue weighted by Gasteiger charge is -2.11. The summed E-state index contributed by atoms with van der Waals surface area (Å²) in [6.07, 6.45) is 4.89. The van der Waals surface area contributed by atoms with Crippen LogP contribution in [0.15, 0.2) is 4.52 Å². The van der Waals surface area contributed by atoms with Crippen LogP contribution in [0.1, 0.15) is 64.3 Å². The van der Waals surface area contributed by atoms with Gasteiger partial charge in [-0.1, -0.05) is 25.4 Å². The summed E-state index contributed by atoms with van der Waals surface area (Å²) in [5, 5.41) is 7.46. The highest BCUT2D eigenvalue weighted by Crippen LogP contribution is 2.19. The van der Waals surface area contributed by atoms with E-state index in [0.717, 1.165) is 38.6 Å². The molecule has 0 aliphatic rings. The van der Waals surface area contributed by atoms with Crippen LogP contribution in [-0.4, -0.2) is 29.8 Å². The van der Waals surface area contributed by atoms with Gasteiger partial charge < -0.3 is 14.6 Å². The summed E-state index contributed by atoms with van der Waals surface area (Å²) in [5.74, 6) is 1.38. The molecule has 1 heterocycles. The molecule has 2 atom stereocenters. The molecular weight excluding hydrogens is 242 g/mol. The Balaban J connectivity index is 2.41. The lowest BCUT2D eigenvalue weighted by molar-refractivity contribution is 0.0854. The number of nitrogens with zero attached hydrogens (tertiary/aromatic N) is 2. The van der Waals surface area contributed by atoms with Crippen LogP contribution in [0.5, 0.6) is 0 Å². The van der Waals surface area contributed by atoms with Gasteiger partial charge in [-0.3, -0.25) is 0 Å². The van der Waals surface area contributed by atoms with Gasteiger partial charge in [0.2, 0.25) is 11.7 Å². The van der Waals surface area contributed by atoms with Gasteiger partial charge in [-0.05, 0) is 32.7 Å². The van der Waals surface area contributed by atoms with E-state index in [1.807, 2.05) is 0 Å². The van der Waals surface area contributed by atoms with Crippen molar-refractivity contribution in [2.24, 2.45) is 0 Å². The zero-order chi connectivity index (χ0) is 14.1. The van der Waals surface area contributed by atoms with Crippen LogP contribution in [0.4, 0.5) is 0 Å². The van der Waals surface area contributed by atoms with E-state index in [1.165, 1.54) is 0 Å². The number of ether oxygens (including phenoxy) is 1. The van der Waals surface area contributed by atoms with Gasteiger partial charge in [0.25, 0.3) is 0 Å². The average Bonchev–Trinajstić information content (AvgIpc) is 2.88. The van der Waals surface area contributed by atoms with E-state index >= 15 is 0 Å². The first-order chi connectivity index (χ1) is 9.21. The highest BCUT2D eigenvalue weighted by Gasteiger charge is 2.17. The number of hydrogen-bond acceptors (Lipinski definition) is 5. The minimum absolute atomic E-state index is 0.0434. The molecule has 1 aromatic rings. The third-order valence-corrected chi connectivity index (χ3v) is 3.14. The van der Waals surface area contributed by atoms with Crippen molar-refractivity contribution in [1.29, 1.82) is 0 Å². The number of nitrogens with one attached hydrogen (secondary N) is 1. The van der Waals surface area contributed by atoms with Crippen LogP contribution in [0.3, 0.4) is 0 Å². The van der Waals surface area contributed by atoms with Crippen LogP contribution < -0.4 is 5.32 Å². The van der Waals surface area contributed by atoms with Gasteiger partial charge in [0, 0.05) is 19.6 Å². The predicted octanol–water partition coefficient (Wildman–Crippen LogP) is 2.88. The number of rotatable bonds is 10. The molecule has 0 aliphatic carbocycles. The van der Waals surface area contributed by atoms with Crippen LogP contribution in [0.2, 0.25) is 0 Å². The molecule has 0 saturated carbocycles. The van der Waals surface area contributed by atoms with E-state index in [9.17, 15) is 0 Å². The summed E-state index contributed by atoms with van der Waals surface area (Å²) in [6, 6.07) is 0.476. The van der Waals surface area contributed by atoms with E-state index in [2.05, 4.69) is 36.2 Å². The molecule has 0 aromatic carbocycles. The van der Waals surface area contributed by atoms with Crippen molar-refractivity contribution in [3.05, 3.63) is 11.7 Å². The number of aryl methyl sites for hydroxylation is 1. The van der Waals surface area contributed by atoms with Crippen molar-refractivity contribution >= 4 is 0 Å². The molecule has 0 saturated heterocycles. The summed E-state index contributed by atoms with van der Waals surface area (Å²) < 4.78 is 10.7. The third-order valence-electron chi connectivity index (χ3n) is 3.14. The number of aromatic nitrogens is 2. The maximum atomic E-state index is 5.37. The second-order valence-electron chi connectivity index (χ2n) is 4.95. The fraction of sp³-hybridized carbons (Fsp3) is 0.857. The molecule has 0 spiro atoms. The summed E-state index contributed by atoms with van der Waals surface area (Å²) in [7, 11) is 1.69. The molecule has 0 radical (unpaired) electrons. The van der Waals surface area contributed by atoms with E-state index < -0.39 is 0 Å². The van der Waals surface area contributed by atoms with Crippen LogP contribution in [-0.2, 0) is 11.2 Å². The van der Waals surface area contributed by atoms with E-state index in [0.29, 0.717) is 17.8 Å². The van der Waals surface area contributed by atoms with Crippen molar-refractivity contribution in [3.63, 3.8) is 0 Å². The smallest absolute Gasteiger partial charge is 0.226 e. The first-order valence-corrected chi connectivity index (χ1v) is 7.29. The van der Waals surface area contributed by atoms with Crippen LogP contribution in [0.25, 0.3) is 0 Å². The Morgan fingerprint density at radius 2 is 2.05 bits per heavy atom. The summed E-state index contributed by atoms with van der Waals surface area (Å²) in [5.41, 5.74) is 0. The van der Waals surface area contributed by atoms with E-state index in [-0.39, 0.29) is 6.10 Å². The van der Waals surface area contributed by atoms with Gasteiger partial charge in [0.05, 0.1) is 0 Å². The van der Waals surface area contributed by atoms with Crippen LogP contribution in [0, 0.1) is 0 Å². The molecule has 1 aromatic heterocycles. The Kier molecular flexibility index (Phi) is 7.67. The second kappa shape index (κ2) is 9.04. The van der Waals surface area contributed by atoms with E-state index in [1.54, 1.807) is 7.11 Å². The molecule has 5 heteroatoms. The topological polar surface area (TPSA) is 60.2 Å². The minimum atomic E-state index is -0.0434. The van der Waals surface area contributed by atoms with Crippen molar-refractivity contribution in [3.8, 4) is 0 Å². The summed E-state index contributed by atoms with van der Waals surface area (Å²) in [6.45, 7) is 7.52. The molecule has 1 rings (SSSR count). The highest BCUT2D eigenvalue weighted by molar-refractivity contribution is 4.91. The highest BCUT2D eigenvalue weighted by atomic mass is 16.5. The first kappa shape index (κ1) is 16.1. The second-order valence-corrected chi connectivity index (χ2v) is 4.95.